The Bertz CT molecular complexity index is 963. The van der Waals surface area contributed by atoms with Crippen LogP contribution in [0.5, 0.6) is 0 Å². The van der Waals surface area contributed by atoms with E-state index in [1.54, 1.807) is 27.8 Å². The topological polar surface area (TPSA) is 59.2 Å². The average molecular weight is 464 g/mol. The number of piperazine rings is 1. The molecule has 0 spiro atoms. The van der Waals surface area contributed by atoms with Gasteiger partial charge in [0.05, 0.1) is 10.7 Å². The van der Waals surface area contributed by atoms with Crippen molar-refractivity contribution in [3.8, 4) is 0 Å². The zero-order chi connectivity index (χ0) is 19.5. The van der Waals surface area contributed by atoms with Crippen LogP contribution in [-0.4, -0.2) is 61.4 Å². The molecular weight excluding hydrogens is 444 g/mol. The van der Waals surface area contributed by atoms with Gasteiger partial charge in [-0.2, -0.15) is 10.2 Å². The molecule has 3 heterocycles. The van der Waals surface area contributed by atoms with Crippen molar-refractivity contribution in [3.63, 3.8) is 0 Å². The first-order valence-electron chi connectivity index (χ1n) is 9.05. The number of carbonyl (C=O) groups excluding carboxylic acids is 1. The second kappa shape index (κ2) is 8.46. The van der Waals surface area contributed by atoms with E-state index >= 15 is 0 Å². The molecule has 0 atom stereocenters. The quantitative estimate of drug-likeness (QED) is 0.584. The van der Waals surface area contributed by atoms with Crippen molar-refractivity contribution in [1.29, 1.82) is 0 Å². The van der Waals surface area contributed by atoms with Gasteiger partial charge in [-0.3, -0.25) is 14.4 Å². The van der Waals surface area contributed by atoms with Crippen LogP contribution < -0.4 is 0 Å². The molecule has 2 aromatic heterocycles. The Kier molecular flexibility index (Phi) is 5.79. The van der Waals surface area contributed by atoms with Crippen LogP contribution in [0.15, 0.2) is 53.4 Å². The fraction of sp³-hybridized carbons (Fsp3) is 0.316. The van der Waals surface area contributed by atoms with Crippen molar-refractivity contribution in [2.75, 3.05) is 26.2 Å². The molecule has 4 rings (SSSR count). The van der Waals surface area contributed by atoms with Crippen LogP contribution in [0.2, 0.25) is 5.02 Å². The summed E-state index contributed by atoms with van der Waals surface area (Å²) >= 11 is 9.62. The molecule has 0 saturated carbocycles. The van der Waals surface area contributed by atoms with E-state index in [0.29, 0.717) is 25.5 Å². The Labute approximate surface area is 176 Å². The maximum absolute atomic E-state index is 12.8. The van der Waals surface area contributed by atoms with Gasteiger partial charge in [-0.1, -0.05) is 29.8 Å². The van der Waals surface area contributed by atoms with Gasteiger partial charge < -0.3 is 4.90 Å². The van der Waals surface area contributed by atoms with Gasteiger partial charge >= 0.3 is 0 Å². The Morgan fingerprint density at radius 2 is 1.89 bits per heavy atom. The summed E-state index contributed by atoms with van der Waals surface area (Å²) in [5, 5.41) is 9.40. The second-order valence-electron chi connectivity index (χ2n) is 6.74. The van der Waals surface area contributed by atoms with Crippen LogP contribution in [-0.2, 0) is 13.2 Å². The number of amides is 1. The summed E-state index contributed by atoms with van der Waals surface area (Å²) in [6.07, 6.45) is 5.38. The molecule has 1 amide bonds. The molecule has 0 aliphatic carbocycles. The van der Waals surface area contributed by atoms with Crippen molar-refractivity contribution in [2.24, 2.45) is 0 Å². The van der Waals surface area contributed by atoms with Crippen LogP contribution in [0.1, 0.15) is 16.1 Å². The van der Waals surface area contributed by atoms with Gasteiger partial charge in [0.25, 0.3) is 5.91 Å². The number of aromatic nitrogens is 4. The lowest BCUT2D eigenvalue weighted by Crippen LogP contribution is -2.48. The molecule has 7 nitrogen and oxygen atoms in total. The van der Waals surface area contributed by atoms with E-state index in [9.17, 15) is 4.79 Å². The number of halogens is 2. The van der Waals surface area contributed by atoms with E-state index in [2.05, 4.69) is 31.0 Å². The van der Waals surface area contributed by atoms with Gasteiger partial charge in [-0.15, -0.1) is 0 Å². The van der Waals surface area contributed by atoms with Crippen LogP contribution >= 0.6 is 27.5 Å². The molecule has 1 saturated heterocycles. The van der Waals surface area contributed by atoms with E-state index in [0.717, 1.165) is 34.7 Å². The highest BCUT2D eigenvalue weighted by Gasteiger charge is 2.24. The first kappa shape index (κ1) is 19.2. The van der Waals surface area contributed by atoms with Crippen molar-refractivity contribution >= 4 is 33.4 Å². The molecule has 1 fully saturated rings. The number of hydrogen-bond donors (Lipinski definition) is 0. The second-order valence-corrected chi connectivity index (χ2v) is 8.06. The molecule has 0 bridgehead atoms. The SMILES string of the molecule is O=C(c1ccn(Cn2cc(Br)cn2)n1)N1CCN(Cc2ccccc2Cl)CC1. The molecule has 0 unspecified atom stereocenters. The van der Waals surface area contributed by atoms with Crippen molar-refractivity contribution < 1.29 is 4.79 Å². The standard InChI is InChI=1S/C19H20BrClN6O/c20-16-11-22-27(13-16)14-26-6-5-18(23-26)19(28)25-9-7-24(8-10-25)12-15-3-1-2-4-17(15)21/h1-6,11,13H,7-10,12,14H2. The van der Waals surface area contributed by atoms with Crippen molar-refractivity contribution in [1.82, 2.24) is 29.4 Å². The third kappa shape index (κ3) is 4.45. The van der Waals surface area contributed by atoms with Gasteiger partial charge in [0.15, 0.2) is 0 Å². The monoisotopic (exact) mass is 462 g/mol. The van der Waals surface area contributed by atoms with E-state index in [1.165, 1.54) is 0 Å². The number of carbonyl (C=O) groups is 1. The van der Waals surface area contributed by atoms with Gasteiger partial charge in [0.2, 0.25) is 0 Å². The lowest BCUT2D eigenvalue weighted by molar-refractivity contribution is 0.0621. The van der Waals surface area contributed by atoms with E-state index in [1.807, 2.05) is 35.4 Å². The molecule has 146 valence electrons. The summed E-state index contributed by atoms with van der Waals surface area (Å²) in [6, 6.07) is 9.66. The highest BCUT2D eigenvalue weighted by molar-refractivity contribution is 9.10. The molecular formula is C19H20BrClN6O. The minimum Gasteiger partial charge on any atom is -0.335 e. The predicted molar refractivity (Wildman–Crippen MR) is 110 cm³/mol. The lowest BCUT2D eigenvalue weighted by Gasteiger charge is -2.34. The normalized spacial score (nSPS) is 15.1. The van der Waals surface area contributed by atoms with Crippen molar-refractivity contribution in [3.05, 3.63) is 69.7 Å². The molecule has 1 aromatic carbocycles. The minimum absolute atomic E-state index is 0.0298. The third-order valence-corrected chi connectivity index (χ3v) is 5.54. The summed E-state index contributed by atoms with van der Waals surface area (Å²) in [4.78, 5) is 16.9. The van der Waals surface area contributed by atoms with Gasteiger partial charge in [-0.05, 0) is 33.6 Å². The van der Waals surface area contributed by atoms with Crippen LogP contribution in [0, 0.1) is 0 Å². The highest BCUT2D eigenvalue weighted by Crippen LogP contribution is 2.18. The smallest absolute Gasteiger partial charge is 0.274 e. The van der Waals surface area contributed by atoms with Gasteiger partial charge in [0, 0.05) is 50.1 Å². The number of rotatable bonds is 5. The van der Waals surface area contributed by atoms with Gasteiger partial charge in [-0.25, -0.2) is 4.68 Å². The molecule has 3 aromatic rings. The Morgan fingerprint density at radius 3 is 2.61 bits per heavy atom. The molecule has 28 heavy (non-hydrogen) atoms. The number of hydrogen-bond acceptors (Lipinski definition) is 4. The fourth-order valence-electron chi connectivity index (χ4n) is 3.26. The first-order chi connectivity index (χ1) is 13.6. The third-order valence-electron chi connectivity index (χ3n) is 4.76. The van der Waals surface area contributed by atoms with E-state index in [4.69, 9.17) is 11.6 Å². The summed E-state index contributed by atoms with van der Waals surface area (Å²) in [5.41, 5.74) is 1.58. The summed E-state index contributed by atoms with van der Waals surface area (Å²) in [6.45, 7) is 4.27. The zero-order valence-corrected chi connectivity index (χ0v) is 17.6. The van der Waals surface area contributed by atoms with Crippen LogP contribution in [0.25, 0.3) is 0 Å². The Balaban J connectivity index is 1.32. The summed E-state index contributed by atoms with van der Waals surface area (Å²) in [7, 11) is 0. The molecule has 9 heteroatoms. The molecule has 0 radical (unpaired) electrons. The predicted octanol–water partition coefficient (Wildman–Crippen LogP) is 2.96. The number of nitrogens with zero attached hydrogens (tertiary/aromatic N) is 6. The van der Waals surface area contributed by atoms with Crippen molar-refractivity contribution in [2.45, 2.75) is 13.2 Å². The first-order valence-corrected chi connectivity index (χ1v) is 10.2. The van der Waals surface area contributed by atoms with E-state index in [-0.39, 0.29) is 5.91 Å². The Hall–Kier alpha value is -2.16. The molecule has 1 aliphatic heterocycles. The minimum atomic E-state index is -0.0298. The largest absolute Gasteiger partial charge is 0.335 e. The molecule has 1 aliphatic rings. The van der Waals surface area contributed by atoms with Crippen LogP contribution in [0.4, 0.5) is 0 Å². The Morgan fingerprint density at radius 1 is 1.11 bits per heavy atom. The average Bonchev–Trinajstić information content (AvgIpc) is 3.33. The van der Waals surface area contributed by atoms with E-state index < -0.39 is 0 Å². The fourth-order valence-corrected chi connectivity index (χ4v) is 3.78. The maximum atomic E-state index is 12.8. The number of benzene rings is 1. The zero-order valence-electron chi connectivity index (χ0n) is 15.2. The van der Waals surface area contributed by atoms with Gasteiger partial charge in [0.1, 0.15) is 12.4 Å². The lowest BCUT2D eigenvalue weighted by atomic mass is 10.2. The highest BCUT2D eigenvalue weighted by atomic mass is 79.9. The summed E-state index contributed by atoms with van der Waals surface area (Å²) in [5.74, 6) is -0.0298. The molecule has 0 N–H and O–H groups in total. The maximum Gasteiger partial charge on any atom is 0.274 e. The van der Waals surface area contributed by atoms with Crippen LogP contribution in [0.3, 0.4) is 0 Å². The summed E-state index contributed by atoms with van der Waals surface area (Å²) < 4.78 is 4.37.